The van der Waals surface area contributed by atoms with Crippen molar-refractivity contribution < 1.29 is 4.74 Å². The van der Waals surface area contributed by atoms with E-state index in [1.165, 1.54) is 31.2 Å². The molecule has 0 atom stereocenters. The van der Waals surface area contributed by atoms with E-state index in [9.17, 15) is 0 Å². The van der Waals surface area contributed by atoms with E-state index < -0.39 is 0 Å². The fourth-order valence-electron chi connectivity index (χ4n) is 2.93. The molecule has 0 aromatic carbocycles. The van der Waals surface area contributed by atoms with Gasteiger partial charge >= 0.3 is 0 Å². The van der Waals surface area contributed by atoms with Crippen molar-refractivity contribution >= 4 is 0 Å². The first-order chi connectivity index (χ1) is 9.30. The molecular weight excluding hydrogens is 238 g/mol. The molecule has 4 nitrogen and oxygen atoms in total. The summed E-state index contributed by atoms with van der Waals surface area (Å²) in [5.41, 5.74) is 9.21. The Bertz CT molecular complexity index is 414. The van der Waals surface area contributed by atoms with Crippen LogP contribution in [0.4, 0.5) is 0 Å². The van der Waals surface area contributed by atoms with Crippen molar-refractivity contribution in [2.75, 3.05) is 6.61 Å². The van der Waals surface area contributed by atoms with Gasteiger partial charge in [-0.1, -0.05) is 26.7 Å². The van der Waals surface area contributed by atoms with Crippen LogP contribution >= 0.6 is 0 Å². The summed E-state index contributed by atoms with van der Waals surface area (Å²) in [6, 6.07) is 0. The monoisotopic (exact) mass is 263 g/mol. The van der Waals surface area contributed by atoms with E-state index in [2.05, 4.69) is 24.0 Å². The molecule has 1 heterocycles. The van der Waals surface area contributed by atoms with Gasteiger partial charge in [0.15, 0.2) is 0 Å². The third-order valence-corrected chi connectivity index (χ3v) is 4.06. The van der Waals surface area contributed by atoms with Crippen molar-refractivity contribution in [1.29, 1.82) is 0 Å². The first-order valence-electron chi connectivity index (χ1n) is 7.50. The Balaban J connectivity index is 2.14. The number of rotatable bonds is 6. The van der Waals surface area contributed by atoms with Gasteiger partial charge in [0.2, 0.25) is 5.88 Å². The molecule has 0 unspecified atom stereocenters. The molecule has 0 bridgehead atoms. The zero-order chi connectivity index (χ0) is 13.7. The molecule has 2 N–H and O–H groups in total. The van der Waals surface area contributed by atoms with Gasteiger partial charge in [-0.05, 0) is 37.2 Å². The Morgan fingerprint density at radius 3 is 2.42 bits per heavy atom. The van der Waals surface area contributed by atoms with Crippen molar-refractivity contribution in [2.24, 2.45) is 11.7 Å². The minimum absolute atomic E-state index is 0.478. The zero-order valence-electron chi connectivity index (χ0n) is 12.1. The molecule has 2 rings (SSSR count). The topological polar surface area (TPSA) is 61.0 Å². The van der Waals surface area contributed by atoms with Crippen LogP contribution in [0.15, 0.2) is 0 Å². The lowest BCUT2D eigenvalue weighted by molar-refractivity contribution is 0.238. The van der Waals surface area contributed by atoms with E-state index in [1.807, 2.05) is 0 Å². The summed E-state index contributed by atoms with van der Waals surface area (Å²) in [5.74, 6) is 1.34. The van der Waals surface area contributed by atoms with Crippen LogP contribution < -0.4 is 10.5 Å². The normalized spacial score (nSPS) is 15.9. The Labute approximate surface area is 115 Å². The summed E-state index contributed by atoms with van der Waals surface area (Å²) < 4.78 is 5.90. The Hall–Kier alpha value is -1.16. The van der Waals surface area contributed by atoms with Gasteiger partial charge in [-0.2, -0.15) is 5.10 Å². The van der Waals surface area contributed by atoms with E-state index >= 15 is 0 Å². The average Bonchev–Trinajstić information content (AvgIpc) is 2.96. The molecule has 1 aliphatic carbocycles. The molecular formula is C15H25N3O. The van der Waals surface area contributed by atoms with Gasteiger partial charge in [0.25, 0.3) is 0 Å². The Morgan fingerprint density at radius 1 is 1.11 bits per heavy atom. The van der Waals surface area contributed by atoms with Crippen LogP contribution in [0.25, 0.3) is 0 Å². The summed E-state index contributed by atoms with van der Waals surface area (Å²) in [5, 5.41) is 8.53. The summed E-state index contributed by atoms with van der Waals surface area (Å²) >= 11 is 0. The maximum atomic E-state index is 5.90. The number of nitrogens with zero attached hydrogens (tertiary/aromatic N) is 2. The molecule has 0 amide bonds. The second kappa shape index (κ2) is 6.85. The van der Waals surface area contributed by atoms with Crippen LogP contribution in [-0.4, -0.2) is 16.8 Å². The molecule has 1 saturated carbocycles. The van der Waals surface area contributed by atoms with Gasteiger partial charge in [-0.15, -0.1) is 5.10 Å². The van der Waals surface area contributed by atoms with E-state index in [4.69, 9.17) is 10.5 Å². The molecule has 1 aromatic rings. The van der Waals surface area contributed by atoms with Gasteiger partial charge in [-0.3, -0.25) is 0 Å². The van der Waals surface area contributed by atoms with Gasteiger partial charge < -0.3 is 10.5 Å². The predicted molar refractivity (Wildman–Crippen MR) is 76.1 cm³/mol. The van der Waals surface area contributed by atoms with Gasteiger partial charge in [-0.25, -0.2) is 0 Å². The molecule has 106 valence electrons. The van der Waals surface area contributed by atoms with Gasteiger partial charge in [0.1, 0.15) is 0 Å². The SMILES string of the molecule is CCc1nnc(OCC2CCCC2)c(CN)c1CC. The third kappa shape index (κ3) is 3.24. The number of ether oxygens (including phenoxy) is 1. The van der Waals surface area contributed by atoms with Crippen LogP contribution in [0.5, 0.6) is 5.88 Å². The van der Waals surface area contributed by atoms with E-state index in [1.54, 1.807) is 0 Å². The quantitative estimate of drug-likeness (QED) is 0.857. The van der Waals surface area contributed by atoms with Crippen LogP contribution in [0, 0.1) is 5.92 Å². The van der Waals surface area contributed by atoms with Crippen LogP contribution in [0.2, 0.25) is 0 Å². The van der Waals surface area contributed by atoms with Crippen molar-refractivity contribution in [3.05, 3.63) is 16.8 Å². The van der Waals surface area contributed by atoms with Crippen LogP contribution in [0.3, 0.4) is 0 Å². The van der Waals surface area contributed by atoms with E-state index in [-0.39, 0.29) is 0 Å². The second-order valence-electron chi connectivity index (χ2n) is 5.28. The van der Waals surface area contributed by atoms with E-state index in [0.717, 1.165) is 30.7 Å². The Morgan fingerprint density at radius 2 is 1.84 bits per heavy atom. The summed E-state index contributed by atoms with van der Waals surface area (Å²) in [4.78, 5) is 0. The first-order valence-corrected chi connectivity index (χ1v) is 7.50. The van der Waals surface area contributed by atoms with Gasteiger partial charge in [0, 0.05) is 12.1 Å². The maximum absolute atomic E-state index is 5.90. The van der Waals surface area contributed by atoms with Crippen LogP contribution in [-0.2, 0) is 19.4 Å². The molecule has 1 fully saturated rings. The zero-order valence-corrected chi connectivity index (χ0v) is 12.1. The molecule has 4 heteroatoms. The summed E-state index contributed by atoms with van der Waals surface area (Å²) in [6.07, 6.45) is 7.05. The molecule has 19 heavy (non-hydrogen) atoms. The smallest absolute Gasteiger partial charge is 0.238 e. The highest BCUT2D eigenvalue weighted by molar-refractivity contribution is 5.36. The summed E-state index contributed by atoms with van der Waals surface area (Å²) in [7, 11) is 0. The first kappa shape index (κ1) is 14.3. The van der Waals surface area contributed by atoms with Crippen molar-refractivity contribution in [3.8, 4) is 5.88 Å². The highest BCUT2D eigenvalue weighted by Gasteiger charge is 2.18. The average molecular weight is 263 g/mol. The number of hydrogen-bond donors (Lipinski definition) is 1. The van der Waals surface area contributed by atoms with Crippen molar-refractivity contribution in [2.45, 2.75) is 58.9 Å². The lowest BCUT2D eigenvalue weighted by Crippen LogP contribution is -2.15. The largest absolute Gasteiger partial charge is 0.476 e. The molecule has 1 aromatic heterocycles. The van der Waals surface area contributed by atoms with Crippen molar-refractivity contribution in [1.82, 2.24) is 10.2 Å². The fourth-order valence-corrected chi connectivity index (χ4v) is 2.93. The van der Waals surface area contributed by atoms with Crippen LogP contribution in [0.1, 0.15) is 56.4 Å². The van der Waals surface area contributed by atoms with Crippen molar-refractivity contribution in [3.63, 3.8) is 0 Å². The molecule has 0 saturated heterocycles. The highest BCUT2D eigenvalue weighted by atomic mass is 16.5. The maximum Gasteiger partial charge on any atom is 0.238 e. The lowest BCUT2D eigenvalue weighted by Gasteiger charge is -2.16. The third-order valence-electron chi connectivity index (χ3n) is 4.06. The standard InChI is InChI=1S/C15H25N3O/c1-3-12-13(9-16)15(18-17-14(12)4-2)19-10-11-7-5-6-8-11/h11H,3-10,16H2,1-2H3. The number of aryl methyl sites for hydroxylation is 1. The number of hydrogen-bond acceptors (Lipinski definition) is 4. The highest BCUT2D eigenvalue weighted by Crippen LogP contribution is 2.27. The second-order valence-corrected chi connectivity index (χ2v) is 5.28. The van der Waals surface area contributed by atoms with E-state index in [0.29, 0.717) is 18.3 Å². The lowest BCUT2D eigenvalue weighted by atomic mass is 10.0. The molecule has 0 radical (unpaired) electrons. The predicted octanol–water partition coefficient (Wildman–Crippen LogP) is 2.63. The molecule has 1 aliphatic rings. The van der Waals surface area contributed by atoms with Gasteiger partial charge in [0.05, 0.1) is 12.3 Å². The minimum atomic E-state index is 0.478. The fraction of sp³-hybridized carbons (Fsp3) is 0.733. The number of aromatic nitrogens is 2. The number of nitrogens with two attached hydrogens (primary N) is 1. The minimum Gasteiger partial charge on any atom is -0.476 e. The molecule has 0 aliphatic heterocycles. The Kier molecular flexibility index (Phi) is 5.14. The summed E-state index contributed by atoms with van der Waals surface area (Å²) in [6.45, 7) is 5.47. The molecule has 0 spiro atoms.